The molecule has 0 bridgehead atoms. The summed E-state index contributed by atoms with van der Waals surface area (Å²) in [7, 11) is 1.95. The Hall–Kier alpha value is -1.88. The van der Waals surface area contributed by atoms with Crippen LogP contribution in [0.25, 0.3) is 0 Å². The molecule has 2 aliphatic heterocycles. The van der Waals surface area contributed by atoms with E-state index in [0.717, 1.165) is 45.2 Å². The Bertz CT molecular complexity index is 591. The summed E-state index contributed by atoms with van der Waals surface area (Å²) in [6.07, 6.45) is 5.02. The average Bonchev–Trinajstić information content (AvgIpc) is 2.72. The number of hydrogen-bond acceptors (Lipinski definition) is 3. The first-order valence-corrected chi connectivity index (χ1v) is 9.94. The van der Waals surface area contributed by atoms with Crippen molar-refractivity contribution in [2.75, 3.05) is 33.2 Å². The number of amides is 2. The molecule has 1 aromatic rings. The van der Waals surface area contributed by atoms with E-state index < -0.39 is 0 Å². The number of benzene rings is 1. The number of nitrogens with one attached hydrogen (secondary N) is 1. The summed E-state index contributed by atoms with van der Waals surface area (Å²) >= 11 is 0. The monoisotopic (exact) mass is 357 g/mol. The van der Waals surface area contributed by atoms with Gasteiger partial charge in [0.2, 0.25) is 11.8 Å². The maximum atomic E-state index is 12.8. The highest BCUT2D eigenvalue weighted by Gasteiger charge is 2.31. The molecule has 0 radical (unpaired) electrons. The van der Waals surface area contributed by atoms with Crippen LogP contribution in [0.4, 0.5) is 0 Å². The molecule has 2 heterocycles. The second-order valence-corrected chi connectivity index (χ2v) is 7.57. The molecule has 0 spiro atoms. The van der Waals surface area contributed by atoms with Gasteiger partial charge in [0.25, 0.3) is 0 Å². The first-order valence-electron chi connectivity index (χ1n) is 9.94. The molecule has 0 aromatic heterocycles. The summed E-state index contributed by atoms with van der Waals surface area (Å²) in [5, 5.41) is 3.35. The predicted molar refractivity (Wildman–Crippen MR) is 103 cm³/mol. The Labute approximate surface area is 156 Å². The van der Waals surface area contributed by atoms with E-state index in [0.29, 0.717) is 25.6 Å². The first-order chi connectivity index (χ1) is 12.6. The van der Waals surface area contributed by atoms with Gasteiger partial charge < -0.3 is 15.1 Å². The summed E-state index contributed by atoms with van der Waals surface area (Å²) in [6, 6.07) is 10.5. The van der Waals surface area contributed by atoms with E-state index >= 15 is 0 Å². The highest BCUT2D eigenvalue weighted by molar-refractivity contribution is 5.80. The van der Waals surface area contributed by atoms with Crippen molar-refractivity contribution in [3.8, 4) is 0 Å². The van der Waals surface area contributed by atoms with Crippen molar-refractivity contribution in [1.82, 2.24) is 15.1 Å². The second-order valence-electron chi connectivity index (χ2n) is 7.57. The van der Waals surface area contributed by atoms with E-state index in [1.54, 1.807) is 0 Å². The molecule has 2 aliphatic rings. The molecule has 5 heteroatoms. The number of carbonyl (C=O) groups excluding carboxylic acids is 2. The van der Waals surface area contributed by atoms with E-state index in [-0.39, 0.29) is 17.7 Å². The van der Waals surface area contributed by atoms with Gasteiger partial charge in [0.05, 0.1) is 0 Å². The molecule has 2 saturated heterocycles. The minimum atomic E-state index is 0.0769. The van der Waals surface area contributed by atoms with E-state index in [1.807, 2.05) is 35.0 Å². The quantitative estimate of drug-likeness (QED) is 0.878. The van der Waals surface area contributed by atoms with Gasteiger partial charge in [-0.15, -0.1) is 0 Å². The third kappa shape index (κ3) is 4.85. The van der Waals surface area contributed by atoms with Crippen LogP contribution in [0.1, 0.15) is 37.7 Å². The zero-order valence-corrected chi connectivity index (χ0v) is 15.8. The number of hydrogen-bond donors (Lipinski definition) is 1. The summed E-state index contributed by atoms with van der Waals surface area (Å²) in [5.74, 6) is 0.563. The van der Waals surface area contributed by atoms with E-state index in [4.69, 9.17) is 0 Å². The summed E-state index contributed by atoms with van der Waals surface area (Å²) in [5.41, 5.74) is 1.20. The van der Waals surface area contributed by atoms with Crippen LogP contribution in [0.5, 0.6) is 0 Å². The standard InChI is InChI=1S/C21H31N3O2/c1-23(19-9-13-22-14-10-19)21(26)18-11-15-24(16-12-18)20(25)8-7-17-5-3-2-4-6-17/h2-6,18-19,22H,7-16H2,1H3. The SMILES string of the molecule is CN(C(=O)C1CCN(C(=O)CCc2ccccc2)CC1)C1CCNCC1. The molecule has 0 saturated carbocycles. The van der Waals surface area contributed by atoms with Gasteiger partial charge in [-0.3, -0.25) is 9.59 Å². The van der Waals surface area contributed by atoms with Gasteiger partial charge in [-0.2, -0.15) is 0 Å². The molecule has 142 valence electrons. The van der Waals surface area contributed by atoms with Gasteiger partial charge in [-0.05, 0) is 50.8 Å². The molecule has 1 aromatic carbocycles. The fourth-order valence-electron chi connectivity index (χ4n) is 4.09. The van der Waals surface area contributed by atoms with Crippen LogP contribution in [-0.4, -0.2) is 60.9 Å². The zero-order valence-electron chi connectivity index (χ0n) is 15.8. The van der Waals surface area contributed by atoms with Crippen molar-refractivity contribution in [2.45, 2.75) is 44.6 Å². The van der Waals surface area contributed by atoms with Crippen molar-refractivity contribution >= 4 is 11.8 Å². The summed E-state index contributed by atoms with van der Waals surface area (Å²) in [6.45, 7) is 3.42. The molecular weight excluding hydrogens is 326 g/mol. The molecule has 2 fully saturated rings. The smallest absolute Gasteiger partial charge is 0.225 e. The van der Waals surface area contributed by atoms with Gasteiger partial charge >= 0.3 is 0 Å². The van der Waals surface area contributed by atoms with Crippen molar-refractivity contribution in [1.29, 1.82) is 0 Å². The number of rotatable bonds is 5. The van der Waals surface area contributed by atoms with Crippen LogP contribution in [0.3, 0.4) is 0 Å². The topological polar surface area (TPSA) is 52.7 Å². The largest absolute Gasteiger partial charge is 0.343 e. The van der Waals surface area contributed by atoms with E-state index in [1.165, 1.54) is 5.56 Å². The number of piperidine rings is 2. The molecule has 5 nitrogen and oxygen atoms in total. The van der Waals surface area contributed by atoms with Crippen molar-refractivity contribution in [3.05, 3.63) is 35.9 Å². The highest BCUT2D eigenvalue weighted by Crippen LogP contribution is 2.22. The van der Waals surface area contributed by atoms with Crippen LogP contribution in [0.2, 0.25) is 0 Å². The second kappa shape index (κ2) is 9.17. The van der Waals surface area contributed by atoms with Gasteiger partial charge in [0, 0.05) is 38.5 Å². The third-order valence-electron chi connectivity index (χ3n) is 5.87. The molecule has 0 unspecified atom stereocenters. The maximum absolute atomic E-state index is 12.8. The van der Waals surface area contributed by atoms with Gasteiger partial charge in [0.1, 0.15) is 0 Å². The van der Waals surface area contributed by atoms with Crippen molar-refractivity contribution < 1.29 is 9.59 Å². The Morgan fingerprint density at radius 2 is 1.73 bits per heavy atom. The Morgan fingerprint density at radius 3 is 2.38 bits per heavy atom. The van der Waals surface area contributed by atoms with Crippen molar-refractivity contribution in [3.63, 3.8) is 0 Å². The van der Waals surface area contributed by atoms with Crippen LogP contribution < -0.4 is 5.32 Å². The number of carbonyl (C=O) groups is 2. The Kier molecular flexibility index (Phi) is 6.67. The number of likely N-dealkylation sites (tertiary alicyclic amines) is 1. The molecular formula is C21H31N3O2. The third-order valence-corrected chi connectivity index (χ3v) is 5.87. The zero-order chi connectivity index (χ0) is 18.4. The Balaban J connectivity index is 1.43. The van der Waals surface area contributed by atoms with Gasteiger partial charge in [-0.1, -0.05) is 30.3 Å². The predicted octanol–water partition coefficient (Wildman–Crippen LogP) is 2.07. The van der Waals surface area contributed by atoms with Crippen LogP contribution in [-0.2, 0) is 16.0 Å². The normalized spacial score (nSPS) is 19.3. The van der Waals surface area contributed by atoms with Gasteiger partial charge in [0.15, 0.2) is 0 Å². The lowest BCUT2D eigenvalue weighted by Crippen LogP contribution is -2.48. The Morgan fingerprint density at radius 1 is 1.08 bits per heavy atom. The number of aryl methyl sites for hydroxylation is 1. The fraction of sp³-hybridized carbons (Fsp3) is 0.619. The molecule has 0 atom stereocenters. The maximum Gasteiger partial charge on any atom is 0.225 e. The lowest BCUT2D eigenvalue weighted by atomic mass is 9.93. The van der Waals surface area contributed by atoms with Gasteiger partial charge in [-0.25, -0.2) is 0 Å². The van der Waals surface area contributed by atoms with E-state index in [9.17, 15) is 9.59 Å². The number of nitrogens with zero attached hydrogens (tertiary/aromatic N) is 2. The highest BCUT2D eigenvalue weighted by atomic mass is 16.2. The van der Waals surface area contributed by atoms with Crippen LogP contribution >= 0.6 is 0 Å². The lowest BCUT2D eigenvalue weighted by molar-refractivity contribution is -0.141. The van der Waals surface area contributed by atoms with Crippen LogP contribution in [0.15, 0.2) is 30.3 Å². The lowest BCUT2D eigenvalue weighted by Gasteiger charge is -2.37. The fourth-order valence-corrected chi connectivity index (χ4v) is 4.09. The molecule has 2 amide bonds. The average molecular weight is 357 g/mol. The molecule has 26 heavy (non-hydrogen) atoms. The van der Waals surface area contributed by atoms with Crippen LogP contribution in [0, 0.1) is 5.92 Å². The van der Waals surface area contributed by atoms with Crippen molar-refractivity contribution in [2.24, 2.45) is 5.92 Å². The summed E-state index contributed by atoms with van der Waals surface area (Å²) in [4.78, 5) is 29.2. The minimum Gasteiger partial charge on any atom is -0.343 e. The summed E-state index contributed by atoms with van der Waals surface area (Å²) < 4.78 is 0. The molecule has 3 rings (SSSR count). The van der Waals surface area contributed by atoms with E-state index in [2.05, 4.69) is 17.4 Å². The first kappa shape index (κ1) is 18.9. The minimum absolute atomic E-state index is 0.0769. The molecule has 1 N–H and O–H groups in total. The molecule has 0 aliphatic carbocycles.